The topological polar surface area (TPSA) is 51.5 Å². The predicted octanol–water partition coefficient (Wildman–Crippen LogP) is 8.23. The van der Waals surface area contributed by atoms with Crippen LogP contribution in [-0.2, 0) is 4.79 Å². The fraction of sp³-hybridized carbons (Fsp3) is 0.156. The monoisotopic (exact) mass is 475 g/mol. The number of furan rings is 1. The summed E-state index contributed by atoms with van der Waals surface area (Å²) in [7, 11) is 1.65. The fourth-order valence-corrected chi connectivity index (χ4v) is 4.81. The number of hydrogen-bond donors (Lipinski definition) is 1. The van der Waals surface area contributed by atoms with Crippen LogP contribution in [0.5, 0.6) is 5.75 Å². The summed E-state index contributed by atoms with van der Waals surface area (Å²) in [6.45, 7) is 8.01. The Morgan fingerprint density at radius 3 is 2.44 bits per heavy atom. The number of allylic oxidation sites excluding steroid dienone is 1. The number of carbonyl (C=O) groups excluding carboxylic acids is 1. The molecule has 0 atom stereocenters. The lowest BCUT2D eigenvalue weighted by Crippen LogP contribution is -2.09. The molecular formula is C32H29NO3. The second-order valence-corrected chi connectivity index (χ2v) is 9.25. The van der Waals surface area contributed by atoms with Crippen LogP contribution in [0.3, 0.4) is 0 Å². The van der Waals surface area contributed by atoms with Crippen molar-refractivity contribution in [2.75, 3.05) is 12.4 Å². The van der Waals surface area contributed by atoms with E-state index in [9.17, 15) is 4.79 Å². The second-order valence-electron chi connectivity index (χ2n) is 9.25. The number of benzene rings is 4. The van der Waals surface area contributed by atoms with Crippen LogP contribution in [-0.4, -0.2) is 13.0 Å². The number of rotatable bonds is 5. The second kappa shape index (κ2) is 9.38. The van der Waals surface area contributed by atoms with Crippen molar-refractivity contribution in [1.29, 1.82) is 0 Å². The van der Waals surface area contributed by atoms with Gasteiger partial charge in [0.25, 0.3) is 0 Å². The van der Waals surface area contributed by atoms with E-state index >= 15 is 0 Å². The molecule has 1 amide bonds. The van der Waals surface area contributed by atoms with Crippen molar-refractivity contribution in [3.8, 4) is 16.9 Å². The molecule has 5 aromatic rings. The molecule has 180 valence electrons. The third-order valence-corrected chi connectivity index (χ3v) is 6.87. The van der Waals surface area contributed by atoms with Crippen molar-refractivity contribution in [2.24, 2.45) is 0 Å². The Labute approximate surface area is 211 Å². The van der Waals surface area contributed by atoms with Gasteiger partial charge in [-0.1, -0.05) is 48.5 Å². The van der Waals surface area contributed by atoms with E-state index in [1.165, 1.54) is 10.9 Å². The number of aryl methyl sites for hydroxylation is 3. The van der Waals surface area contributed by atoms with Crippen molar-refractivity contribution in [1.82, 2.24) is 0 Å². The van der Waals surface area contributed by atoms with Crippen molar-refractivity contribution < 1.29 is 13.9 Å². The minimum atomic E-state index is -0.183. The molecule has 1 N–H and O–H groups in total. The predicted molar refractivity (Wildman–Crippen MR) is 149 cm³/mol. The summed E-state index contributed by atoms with van der Waals surface area (Å²) in [5, 5.41) is 6.31. The number of fused-ring (bicyclic) bond motifs is 2. The lowest BCUT2D eigenvalue weighted by atomic mass is 9.94. The van der Waals surface area contributed by atoms with Gasteiger partial charge in [0.2, 0.25) is 5.91 Å². The van der Waals surface area contributed by atoms with Crippen LogP contribution < -0.4 is 10.1 Å². The molecule has 0 radical (unpaired) electrons. The molecule has 0 unspecified atom stereocenters. The number of amides is 1. The quantitative estimate of drug-likeness (QED) is 0.261. The Kier molecular flexibility index (Phi) is 6.11. The molecule has 1 aromatic heterocycles. The zero-order chi connectivity index (χ0) is 25.4. The van der Waals surface area contributed by atoms with E-state index < -0.39 is 0 Å². The first-order chi connectivity index (χ1) is 17.4. The highest BCUT2D eigenvalue weighted by Crippen LogP contribution is 2.42. The van der Waals surface area contributed by atoms with Gasteiger partial charge < -0.3 is 14.5 Å². The molecule has 4 nitrogen and oxygen atoms in total. The molecule has 0 bridgehead atoms. The zero-order valence-corrected chi connectivity index (χ0v) is 21.2. The summed E-state index contributed by atoms with van der Waals surface area (Å²) < 4.78 is 11.8. The zero-order valence-electron chi connectivity index (χ0n) is 21.2. The Bertz CT molecular complexity index is 1650. The van der Waals surface area contributed by atoms with E-state index in [0.29, 0.717) is 5.75 Å². The summed E-state index contributed by atoms with van der Waals surface area (Å²) in [5.74, 6) is 0.520. The summed E-state index contributed by atoms with van der Waals surface area (Å²) in [4.78, 5) is 12.9. The maximum absolute atomic E-state index is 12.9. The Morgan fingerprint density at radius 1 is 0.889 bits per heavy atom. The van der Waals surface area contributed by atoms with E-state index in [2.05, 4.69) is 54.7 Å². The summed E-state index contributed by atoms with van der Waals surface area (Å²) >= 11 is 0. The van der Waals surface area contributed by atoms with Crippen LogP contribution in [0.4, 0.5) is 5.69 Å². The first-order valence-electron chi connectivity index (χ1n) is 12.0. The van der Waals surface area contributed by atoms with Gasteiger partial charge in [-0.25, -0.2) is 0 Å². The van der Waals surface area contributed by atoms with Gasteiger partial charge in [-0.2, -0.15) is 0 Å². The van der Waals surface area contributed by atoms with Crippen molar-refractivity contribution in [2.45, 2.75) is 27.7 Å². The van der Waals surface area contributed by atoms with Crippen LogP contribution in [0.25, 0.3) is 38.4 Å². The lowest BCUT2D eigenvalue weighted by molar-refractivity contribution is -0.111. The van der Waals surface area contributed by atoms with Crippen LogP contribution in [0, 0.1) is 20.8 Å². The van der Waals surface area contributed by atoms with Crippen molar-refractivity contribution >= 4 is 38.9 Å². The molecule has 0 spiro atoms. The van der Waals surface area contributed by atoms with Gasteiger partial charge in [0.15, 0.2) is 0 Å². The van der Waals surface area contributed by atoms with Crippen LogP contribution in [0.1, 0.15) is 29.2 Å². The van der Waals surface area contributed by atoms with Crippen LogP contribution in [0.2, 0.25) is 0 Å². The molecular weight excluding hydrogens is 446 g/mol. The third-order valence-electron chi connectivity index (χ3n) is 6.87. The highest BCUT2D eigenvalue weighted by molar-refractivity contribution is 6.08. The normalized spacial score (nSPS) is 11.8. The van der Waals surface area contributed by atoms with Crippen LogP contribution >= 0.6 is 0 Å². The van der Waals surface area contributed by atoms with E-state index in [1.54, 1.807) is 13.2 Å². The number of anilines is 1. The van der Waals surface area contributed by atoms with Crippen LogP contribution in [0.15, 0.2) is 83.5 Å². The van der Waals surface area contributed by atoms with Gasteiger partial charge in [0.05, 0.1) is 13.4 Å². The molecule has 4 aromatic carbocycles. The highest BCUT2D eigenvalue weighted by atomic mass is 16.5. The van der Waals surface area contributed by atoms with Gasteiger partial charge >= 0.3 is 0 Å². The maximum atomic E-state index is 12.9. The van der Waals surface area contributed by atoms with E-state index in [0.717, 1.165) is 55.4 Å². The number of hydrogen-bond acceptors (Lipinski definition) is 3. The van der Waals surface area contributed by atoms with Crippen molar-refractivity contribution in [3.05, 3.63) is 101 Å². The van der Waals surface area contributed by atoms with E-state index in [4.69, 9.17) is 9.15 Å². The number of ether oxygens (including phenoxy) is 1. The average molecular weight is 476 g/mol. The highest BCUT2D eigenvalue weighted by Gasteiger charge is 2.19. The lowest BCUT2D eigenvalue weighted by Gasteiger charge is -2.14. The molecule has 0 aliphatic rings. The van der Waals surface area contributed by atoms with E-state index in [1.807, 2.05) is 51.3 Å². The molecule has 36 heavy (non-hydrogen) atoms. The molecule has 1 heterocycles. The smallest absolute Gasteiger partial charge is 0.248 e. The first-order valence-corrected chi connectivity index (χ1v) is 12.0. The van der Waals surface area contributed by atoms with Gasteiger partial charge in [-0.05, 0) is 78.9 Å². The molecule has 0 fully saturated rings. The number of methoxy groups -OCH3 is 1. The third kappa shape index (κ3) is 4.16. The molecule has 5 rings (SSSR count). The largest absolute Gasteiger partial charge is 0.496 e. The van der Waals surface area contributed by atoms with Gasteiger partial charge in [-0.15, -0.1) is 0 Å². The van der Waals surface area contributed by atoms with Crippen molar-refractivity contribution in [3.63, 3.8) is 0 Å². The van der Waals surface area contributed by atoms with Gasteiger partial charge in [0.1, 0.15) is 11.3 Å². The molecule has 0 aliphatic heterocycles. The number of carbonyl (C=O) groups is 1. The summed E-state index contributed by atoms with van der Waals surface area (Å²) in [5.41, 5.74) is 8.58. The Hall–Kier alpha value is -4.31. The molecule has 0 saturated carbocycles. The van der Waals surface area contributed by atoms with Gasteiger partial charge in [-0.3, -0.25) is 4.79 Å². The minimum absolute atomic E-state index is 0.183. The summed E-state index contributed by atoms with van der Waals surface area (Å²) in [6, 6.07) is 22.6. The van der Waals surface area contributed by atoms with Gasteiger partial charge in [0, 0.05) is 33.8 Å². The number of nitrogens with one attached hydrogen (secondary N) is 1. The Morgan fingerprint density at radius 2 is 1.67 bits per heavy atom. The summed E-state index contributed by atoms with van der Waals surface area (Å²) in [6.07, 6.45) is 3.43. The van der Waals surface area contributed by atoms with E-state index in [-0.39, 0.29) is 5.91 Å². The maximum Gasteiger partial charge on any atom is 0.248 e. The SMILES string of the molecule is COc1c(/C(C)=C/C(=O)Nc2ccc(C)c(C)c2)cc2c(-c3cccc4ccccc34)coc2c1C. The standard InChI is InChI=1S/C32H29NO3/c1-19-13-14-24(15-20(19)2)33-30(34)16-21(3)27-17-28-29(18-36-32(28)22(4)31(27)35-5)26-12-8-10-23-9-6-7-11-25(23)26/h6-18H,1-5H3,(H,33,34)/b21-16+. The molecule has 0 aliphatic carbocycles. The average Bonchev–Trinajstić information content (AvgIpc) is 3.30. The molecule has 4 heteroatoms. The fourth-order valence-electron chi connectivity index (χ4n) is 4.81. The Balaban J connectivity index is 1.59. The minimum Gasteiger partial charge on any atom is -0.496 e. The first kappa shape index (κ1) is 23.4. The molecule has 0 saturated heterocycles.